The predicted molar refractivity (Wildman–Crippen MR) is 90.5 cm³/mol. The number of methoxy groups -OCH3 is 1. The molecular formula is C18H21N3O3. The van der Waals surface area contributed by atoms with Crippen molar-refractivity contribution < 1.29 is 14.3 Å². The van der Waals surface area contributed by atoms with E-state index in [9.17, 15) is 9.59 Å². The maximum Gasteiger partial charge on any atom is 0.222 e. The molecule has 6 nitrogen and oxygen atoms in total. The maximum atomic E-state index is 12.2. The molecule has 24 heavy (non-hydrogen) atoms. The number of pyridine rings is 1. The van der Waals surface area contributed by atoms with Crippen LogP contribution in [0.1, 0.15) is 30.5 Å². The van der Waals surface area contributed by atoms with E-state index in [-0.39, 0.29) is 24.3 Å². The largest absolute Gasteiger partial charge is 0.497 e. The van der Waals surface area contributed by atoms with E-state index in [0.29, 0.717) is 6.54 Å². The van der Waals surface area contributed by atoms with Crippen molar-refractivity contribution in [1.29, 1.82) is 0 Å². The van der Waals surface area contributed by atoms with Crippen LogP contribution in [0.4, 0.5) is 0 Å². The Hall–Kier alpha value is -2.89. The van der Waals surface area contributed by atoms with Crippen LogP contribution in [0.5, 0.6) is 5.75 Å². The second kappa shape index (κ2) is 8.67. The van der Waals surface area contributed by atoms with Crippen molar-refractivity contribution >= 4 is 11.8 Å². The summed E-state index contributed by atoms with van der Waals surface area (Å²) >= 11 is 0. The zero-order valence-corrected chi connectivity index (χ0v) is 13.8. The second-order valence-electron chi connectivity index (χ2n) is 5.29. The van der Waals surface area contributed by atoms with Crippen molar-refractivity contribution in [2.24, 2.45) is 0 Å². The molecule has 0 saturated heterocycles. The van der Waals surface area contributed by atoms with Crippen molar-refractivity contribution in [2.45, 2.75) is 19.4 Å². The number of nitrogens with one attached hydrogen (secondary N) is 2. The molecule has 0 unspecified atom stereocenters. The van der Waals surface area contributed by atoms with Gasteiger partial charge in [-0.3, -0.25) is 14.6 Å². The molecule has 0 aliphatic heterocycles. The normalized spacial score (nSPS) is 11.4. The van der Waals surface area contributed by atoms with E-state index in [1.807, 2.05) is 36.4 Å². The van der Waals surface area contributed by atoms with Crippen LogP contribution >= 0.6 is 0 Å². The molecule has 2 aromatic rings. The lowest BCUT2D eigenvalue weighted by molar-refractivity contribution is -0.122. The Morgan fingerprint density at radius 1 is 1.08 bits per heavy atom. The van der Waals surface area contributed by atoms with E-state index in [1.54, 1.807) is 19.5 Å². The lowest BCUT2D eigenvalue weighted by Gasteiger charge is -2.20. The lowest BCUT2D eigenvalue weighted by Crippen LogP contribution is -2.32. The summed E-state index contributed by atoms with van der Waals surface area (Å²) in [6, 6.07) is 11.0. The van der Waals surface area contributed by atoms with Gasteiger partial charge >= 0.3 is 0 Å². The van der Waals surface area contributed by atoms with Gasteiger partial charge in [0.15, 0.2) is 0 Å². The minimum Gasteiger partial charge on any atom is -0.497 e. The molecule has 2 N–H and O–H groups in total. The Kier molecular flexibility index (Phi) is 6.31. The first-order valence-electron chi connectivity index (χ1n) is 7.68. The molecule has 2 rings (SSSR count). The summed E-state index contributed by atoms with van der Waals surface area (Å²) in [5, 5.41) is 5.62. The molecule has 0 radical (unpaired) electrons. The fourth-order valence-electron chi connectivity index (χ4n) is 2.30. The van der Waals surface area contributed by atoms with Crippen molar-refractivity contribution in [3.63, 3.8) is 0 Å². The number of ether oxygens (including phenoxy) is 1. The number of nitrogens with zero attached hydrogens (tertiary/aromatic N) is 1. The molecule has 1 aromatic heterocycles. The first kappa shape index (κ1) is 17.5. The number of rotatable bonds is 7. The third kappa shape index (κ3) is 5.08. The van der Waals surface area contributed by atoms with Crippen molar-refractivity contribution in [3.8, 4) is 5.75 Å². The van der Waals surface area contributed by atoms with E-state index in [4.69, 9.17) is 4.74 Å². The van der Waals surface area contributed by atoms with Gasteiger partial charge in [-0.05, 0) is 35.4 Å². The standard InChI is InChI=1S/C18H21N3O3/c1-13(22)20-12-9-17(23)21-18(15-7-10-19-11-8-15)14-3-5-16(24-2)6-4-14/h3-8,10-11,18H,9,12H2,1-2H3,(H,20,22)(H,21,23)/t18-/m1/s1. The maximum absolute atomic E-state index is 12.2. The molecule has 0 spiro atoms. The Bertz CT molecular complexity index is 672. The van der Waals surface area contributed by atoms with Crippen molar-refractivity contribution in [3.05, 3.63) is 59.9 Å². The molecule has 1 heterocycles. The van der Waals surface area contributed by atoms with Gasteiger partial charge in [0, 0.05) is 32.3 Å². The number of benzene rings is 1. The van der Waals surface area contributed by atoms with Crippen molar-refractivity contribution in [1.82, 2.24) is 15.6 Å². The summed E-state index contributed by atoms with van der Waals surface area (Å²) in [4.78, 5) is 27.1. The lowest BCUT2D eigenvalue weighted by atomic mass is 9.99. The second-order valence-corrected chi connectivity index (χ2v) is 5.29. The summed E-state index contributed by atoms with van der Waals surface area (Å²) in [6.07, 6.45) is 3.60. The highest BCUT2D eigenvalue weighted by Crippen LogP contribution is 2.23. The van der Waals surface area contributed by atoms with Crippen LogP contribution < -0.4 is 15.4 Å². The third-order valence-corrected chi connectivity index (χ3v) is 3.52. The molecule has 0 saturated carbocycles. The quantitative estimate of drug-likeness (QED) is 0.813. The van der Waals surface area contributed by atoms with Gasteiger partial charge in [-0.1, -0.05) is 12.1 Å². The monoisotopic (exact) mass is 327 g/mol. The average Bonchev–Trinajstić information content (AvgIpc) is 2.60. The molecule has 0 aliphatic rings. The van der Waals surface area contributed by atoms with Gasteiger partial charge in [0.1, 0.15) is 5.75 Å². The van der Waals surface area contributed by atoms with Gasteiger partial charge in [-0.25, -0.2) is 0 Å². The molecular weight excluding hydrogens is 306 g/mol. The summed E-state index contributed by atoms with van der Waals surface area (Å²) in [6.45, 7) is 1.74. The summed E-state index contributed by atoms with van der Waals surface area (Å²) < 4.78 is 5.17. The Morgan fingerprint density at radius 2 is 1.71 bits per heavy atom. The number of hydrogen-bond acceptors (Lipinski definition) is 4. The van der Waals surface area contributed by atoms with Crippen LogP contribution in [0.15, 0.2) is 48.8 Å². The SMILES string of the molecule is COc1ccc([C@@H](NC(=O)CCNC(C)=O)c2ccncc2)cc1. The highest BCUT2D eigenvalue weighted by atomic mass is 16.5. The minimum absolute atomic E-state index is 0.138. The van der Waals surface area contributed by atoms with Crippen LogP contribution in [0.2, 0.25) is 0 Å². The summed E-state index contributed by atoms with van der Waals surface area (Å²) in [5.74, 6) is 0.467. The Balaban J connectivity index is 2.14. The van der Waals surface area contributed by atoms with Gasteiger partial charge in [0.25, 0.3) is 0 Å². The molecule has 6 heteroatoms. The van der Waals surface area contributed by atoms with Crippen LogP contribution in [0, 0.1) is 0 Å². The minimum atomic E-state index is -0.288. The van der Waals surface area contributed by atoms with Gasteiger partial charge in [0.05, 0.1) is 13.2 Å². The highest BCUT2D eigenvalue weighted by molar-refractivity contribution is 5.78. The van der Waals surface area contributed by atoms with Gasteiger partial charge in [0.2, 0.25) is 11.8 Å². The van der Waals surface area contributed by atoms with Crippen LogP contribution in [-0.4, -0.2) is 30.5 Å². The average molecular weight is 327 g/mol. The van der Waals surface area contributed by atoms with Gasteiger partial charge in [-0.15, -0.1) is 0 Å². The van der Waals surface area contributed by atoms with Crippen LogP contribution in [0.25, 0.3) is 0 Å². The number of carbonyl (C=O) groups excluding carboxylic acids is 2. The first-order chi connectivity index (χ1) is 11.6. The first-order valence-corrected chi connectivity index (χ1v) is 7.68. The van der Waals surface area contributed by atoms with Crippen LogP contribution in [0.3, 0.4) is 0 Å². The molecule has 0 fully saturated rings. The Labute approximate surface area is 141 Å². The summed E-state index contributed by atoms with van der Waals surface area (Å²) in [5.41, 5.74) is 1.87. The molecule has 126 valence electrons. The number of aromatic nitrogens is 1. The zero-order chi connectivity index (χ0) is 17.4. The van der Waals surface area contributed by atoms with E-state index >= 15 is 0 Å². The van der Waals surface area contributed by atoms with E-state index in [0.717, 1.165) is 16.9 Å². The number of hydrogen-bond donors (Lipinski definition) is 2. The highest BCUT2D eigenvalue weighted by Gasteiger charge is 2.17. The van der Waals surface area contributed by atoms with Gasteiger partial charge in [-0.2, -0.15) is 0 Å². The predicted octanol–water partition coefficient (Wildman–Crippen LogP) is 1.82. The van der Waals surface area contributed by atoms with Gasteiger partial charge < -0.3 is 15.4 Å². The van der Waals surface area contributed by atoms with Crippen molar-refractivity contribution in [2.75, 3.05) is 13.7 Å². The number of carbonyl (C=O) groups is 2. The van der Waals surface area contributed by atoms with Crippen LogP contribution in [-0.2, 0) is 9.59 Å². The number of amides is 2. The summed E-state index contributed by atoms with van der Waals surface area (Å²) in [7, 11) is 1.61. The fraction of sp³-hybridized carbons (Fsp3) is 0.278. The van der Waals surface area contributed by atoms with E-state index < -0.39 is 0 Å². The third-order valence-electron chi connectivity index (χ3n) is 3.52. The Morgan fingerprint density at radius 3 is 2.29 bits per heavy atom. The van der Waals surface area contributed by atoms with E-state index in [2.05, 4.69) is 15.6 Å². The molecule has 2 amide bonds. The van der Waals surface area contributed by atoms with E-state index in [1.165, 1.54) is 6.92 Å². The smallest absolute Gasteiger partial charge is 0.222 e. The fourth-order valence-corrected chi connectivity index (χ4v) is 2.30. The molecule has 0 bridgehead atoms. The topological polar surface area (TPSA) is 80.3 Å². The molecule has 1 atom stereocenters. The molecule has 1 aromatic carbocycles. The zero-order valence-electron chi connectivity index (χ0n) is 13.8. The molecule has 0 aliphatic carbocycles.